The smallest absolute Gasteiger partial charge is 0.256 e. The van der Waals surface area contributed by atoms with Crippen LogP contribution in [0.5, 0.6) is 0 Å². The van der Waals surface area contributed by atoms with Crippen LogP contribution in [0.1, 0.15) is 75.5 Å². The van der Waals surface area contributed by atoms with Crippen LogP contribution in [0.15, 0.2) is 61.2 Å². The highest BCUT2D eigenvalue weighted by Crippen LogP contribution is 2.34. The second-order valence-corrected chi connectivity index (χ2v) is 18.0. The fourth-order valence-electron chi connectivity index (χ4n) is 8.34. The number of pyridine rings is 1. The van der Waals surface area contributed by atoms with Crippen molar-refractivity contribution in [3.63, 3.8) is 0 Å². The molecule has 3 saturated heterocycles. The number of rotatable bonds is 11. The normalized spacial score (nSPS) is 20.4. The molecule has 1 aliphatic carbocycles. The standard InChI is InChI=1S/C40H48N12O4S/c1-26(2)52-34-21-36(44-35-11-14-41-38(45-35)29-22-43-51(25-29)57(55,56)31-7-8-31)42-23-33(34)39(47-52)50-15-12-30(13-16-50)49-19-17-48(18-20-49)24-27-3-5-28(6-4-27)32-9-10-37(53)46-40(32)54/h3-6,11,14,21-23,25-26,30-32H,7-10,12-13,15-20,24H2,1-2H3,(H,46,53,54)(H,41,42,44,45). The maximum atomic E-state index is 12.6. The zero-order chi connectivity index (χ0) is 39.3. The average molecular weight is 793 g/mol. The van der Waals surface area contributed by atoms with Crippen molar-refractivity contribution in [1.82, 2.24) is 49.0 Å². The molecule has 1 aromatic carbocycles. The van der Waals surface area contributed by atoms with Gasteiger partial charge in [0.2, 0.25) is 11.8 Å². The minimum Gasteiger partial charge on any atom is -0.354 e. The van der Waals surface area contributed by atoms with Gasteiger partial charge in [-0.2, -0.15) is 14.3 Å². The van der Waals surface area contributed by atoms with Crippen LogP contribution in [0, 0.1) is 0 Å². The molecule has 1 unspecified atom stereocenters. The molecular weight excluding hydrogens is 745 g/mol. The van der Waals surface area contributed by atoms with Gasteiger partial charge in [0.15, 0.2) is 11.6 Å². The molecule has 2 N–H and O–H groups in total. The molecule has 0 bridgehead atoms. The Morgan fingerprint density at radius 1 is 0.895 bits per heavy atom. The van der Waals surface area contributed by atoms with E-state index in [2.05, 4.69) is 71.1 Å². The van der Waals surface area contributed by atoms with Gasteiger partial charge in [0.25, 0.3) is 10.0 Å². The van der Waals surface area contributed by atoms with Crippen LogP contribution >= 0.6 is 0 Å². The van der Waals surface area contributed by atoms with E-state index in [-0.39, 0.29) is 29.0 Å². The number of nitrogens with one attached hydrogen (secondary N) is 2. The molecule has 57 heavy (non-hydrogen) atoms. The number of carbonyl (C=O) groups is 2. The summed E-state index contributed by atoms with van der Waals surface area (Å²) in [4.78, 5) is 45.2. The summed E-state index contributed by atoms with van der Waals surface area (Å²) >= 11 is 0. The van der Waals surface area contributed by atoms with Crippen LogP contribution in [0.2, 0.25) is 0 Å². The molecule has 1 saturated carbocycles. The van der Waals surface area contributed by atoms with Gasteiger partial charge in [-0.15, -0.1) is 0 Å². The van der Waals surface area contributed by atoms with Crippen LogP contribution in [-0.4, -0.2) is 115 Å². The van der Waals surface area contributed by atoms with Crippen molar-refractivity contribution in [3.05, 3.63) is 72.3 Å². The fraction of sp³-hybridized carbons (Fsp3) is 0.475. The van der Waals surface area contributed by atoms with Crippen LogP contribution in [-0.2, 0) is 26.2 Å². The van der Waals surface area contributed by atoms with Gasteiger partial charge in [-0.05, 0) is 63.1 Å². The average Bonchev–Trinajstić information content (AvgIpc) is 3.84. The number of fused-ring (bicyclic) bond motifs is 1. The summed E-state index contributed by atoms with van der Waals surface area (Å²) in [5.74, 6) is 1.86. The highest BCUT2D eigenvalue weighted by Gasteiger charge is 2.38. The molecule has 7 heterocycles. The molecule has 9 rings (SSSR count). The van der Waals surface area contributed by atoms with E-state index >= 15 is 0 Å². The minimum atomic E-state index is -3.48. The van der Waals surface area contributed by atoms with E-state index in [9.17, 15) is 18.0 Å². The summed E-state index contributed by atoms with van der Waals surface area (Å²) < 4.78 is 28.4. The molecule has 3 aliphatic heterocycles. The van der Waals surface area contributed by atoms with Crippen LogP contribution in [0.4, 0.5) is 17.5 Å². The maximum absolute atomic E-state index is 12.6. The number of piperazine rings is 1. The monoisotopic (exact) mass is 792 g/mol. The molecule has 4 aromatic heterocycles. The number of amides is 2. The van der Waals surface area contributed by atoms with Crippen molar-refractivity contribution in [2.45, 2.75) is 82.2 Å². The molecule has 1 atom stereocenters. The Kier molecular flexibility index (Phi) is 9.98. The number of hydrogen-bond donors (Lipinski definition) is 2. The number of hydrogen-bond acceptors (Lipinski definition) is 13. The van der Waals surface area contributed by atoms with E-state index in [0.717, 1.165) is 85.0 Å². The Balaban J connectivity index is 0.804. The Morgan fingerprint density at radius 3 is 2.39 bits per heavy atom. The Morgan fingerprint density at radius 2 is 1.67 bits per heavy atom. The first-order valence-corrected chi connectivity index (χ1v) is 21.5. The number of aromatic nitrogens is 7. The topological polar surface area (TPSA) is 176 Å². The largest absolute Gasteiger partial charge is 0.354 e. The molecule has 4 aliphatic rings. The number of anilines is 3. The zero-order valence-electron chi connectivity index (χ0n) is 32.3. The summed E-state index contributed by atoms with van der Waals surface area (Å²) in [7, 11) is -3.48. The summed E-state index contributed by atoms with van der Waals surface area (Å²) in [6.07, 6.45) is 10.9. The van der Waals surface area contributed by atoms with Crippen molar-refractivity contribution in [3.8, 4) is 11.4 Å². The number of carbonyl (C=O) groups excluding carboxylic acids is 2. The number of imide groups is 1. The van der Waals surface area contributed by atoms with E-state index in [4.69, 9.17) is 10.1 Å². The molecule has 5 aromatic rings. The van der Waals surface area contributed by atoms with Crippen LogP contribution in [0.25, 0.3) is 22.3 Å². The SMILES string of the molecule is CC(C)n1nc(N2CCC(N3CCN(Cc4ccc(C5CCC(=O)NC5=O)cc4)CC3)CC2)c2cnc(Nc3ccnc(-c4cnn(S(=O)(=O)C5CC5)c4)n3)cc21. The van der Waals surface area contributed by atoms with Crippen molar-refractivity contribution in [2.24, 2.45) is 0 Å². The lowest BCUT2D eigenvalue weighted by molar-refractivity contribution is -0.134. The number of benzene rings is 1. The lowest BCUT2D eigenvalue weighted by atomic mass is 9.90. The highest BCUT2D eigenvalue weighted by atomic mass is 32.2. The summed E-state index contributed by atoms with van der Waals surface area (Å²) in [6, 6.07) is 12.8. The molecule has 4 fully saturated rings. The minimum absolute atomic E-state index is 0.141. The zero-order valence-corrected chi connectivity index (χ0v) is 33.1. The van der Waals surface area contributed by atoms with Gasteiger partial charge in [-0.3, -0.25) is 29.4 Å². The van der Waals surface area contributed by atoms with Crippen molar-refractivity contribution in [1.29, 1.82) is 0 Å². The quantitative estimate of drug-likeness (QED) is 0.184. The molecule has 16 nitrogen and oxygen atoms in total. The second-order valence-electron chi connectivity index (χ2n) is 16.0. The summed E-state index contributed by atoms with van der Waals surface area (Å²) in [5.41, 5.74) is 3.73. The van der Waals surface area contributed by atoms with E-state index < -0.39 is 10.0 Å². The van der Waals surface area contributed by atoms with Gasteiger partial charge in [0, 0.05) is 82.8 Å². The molecule has 298 valence electrons. The molecule has 0 spiro atoms. The molecular formula is C40H48N12O4S. The Bertz CT molecular complexity index is 2390. The van der Waals surface area contributed by atoms with Crippen molar-refractivity contribution >= 4 is 50.2 Å². The summed E-state index contributed by atoms with van der Waals surface area (Å²) in [5, 5.41) is 15.6. The third-order valence-electron chi connectivity index (χ3n) is 11.7. The second kappa shape index (κ2) is 15.2. The lowest BCUT2D eigenvalue weighted by Gasteiger charge is -2.43. The van der Waals surface area contributed by atoms with Gasteiger partial charge in [0.05, 0.1) is 40.0 Å². The fourth-order valence-corrected chi connectivity index (χ4v) is 9.82. The van der Waals surface area contributed by atoms with Crippen LogP contribution < -0.4 is 15.5 Å². The van der Waals surface area contributed by atoms with Gasteiger partial charge < -0.3 is 10.2 Å². The third kappa shape index (κ3) is 7.75. The summed E-state index contributed by atoms with van der Waals surface area (Å²) in [6.45, 7) is 11.1. The van der Waals surface area contributed by atoms with E-state index in [0.29, 0.717) is 54.7 Å². The molecule has 2 amide bonds. The van der Waals surface area contributed by atoms with Crippen molar-refractivity contribution < 1.29 is 18.0 Å². The van der Waals surface area contributed by atoms with Gasteiger partial charge in [-0.25, -0.2) is 23.4 Å². The van der Waals surface area contributed by atoms with Crippen molar-refractivity contribution in [2.75, 3.05) is 49.5 Å². The molecule has 17 heteroatoms. The predicted molar refractivity (Wildman–Crippen MR) is 215 cm³/mol. The number of piperidine rings is 2. The lowest BCUT2D eigenvalue weighted by Crippen LogP contribution is -2.53. The number of nitrogens with zero attached hydrogens (tertiary/aromatic N) is 10. The first kappa shape index (κ1) is 37.3. The van der Waals surface area contributed by atoms with Gasteiger partial charge in [-0.1, -0.05) is 24.3 Å². The van der Waals surface area contributed by atoms with Gasteiger partial charge in [0.1, 0.15) is 11.6 Å². The highest BCUT2D eigenvalue weighted by molar-refractivity contribution is 7.90. The maximum Gasteiger partial charge on any atom is 0.256 e. The molecule has 0 radical (unpaired) electrons. The first-order chi connectivity index (χ1) is 27.6. The van der Waals surface area contributed by atoms with Gasteiger partial charge >= 0.3 is 0 Å². The predicted octanol–water partition coefficient (Wildman–Crippen LogP) is 4.06. The van der Waals surface area contributed by atoms with E-state index in [1.165, 1.54) is 18.0 Å². The van der Waals surface area contributed by atoms with E-state index in [1.54, 1.807) is 12.3 Å². The first-order valence-electron chi connectivity index (χ1n) is 20.0. The van der Waals surface area contributed by atoms with Crippen LogP contribution in [0.3, 0.4) is 0 Å². The Hall–Kier alpha value is -5.26. The Labute approximate surface area is 331 Å². The van der Waals surface area contributed by atoms with E-state index in [1.807, 2.05) is 24.4 Å². The third-order valence-corrected chi connectivity index (χ3v) is 13.7.